The van der Waals surface area contributed by atoms with Crippen LogP contribution in [0.1, 0.15) is 5.69 Å². The number of rotatable bonds is 4. The van der Waals surface area contributed by atoms with Gasteiger partial charge in [0.1, 0.15) is 0 Å². The van der Waals surface area contributed by atoms with Gasteiger partial charge >= 0.3 is 0 Å². The topological polar surface area (TPSA) is 20.5 Å². The third kappa shape index (κ3) is 2.08. The molecule has 0 bridgehead atoms. The highest BCUT2D eigenvalue weighted by molar-refractivity contribution is 7.15. The molecule has 2 aromatic heterocycles. The second-order valence-electron chi connectivity index (χ2n) is 3.25. The molecule has 0 aliphatic rings. The average molecular weight is 230 g/mol. The van der Waals surface area contributed by atoms with Gasteiger partial charge in [-0.05, 0) is 7.05 Å². The lowest BCUT2D eigenvalue weighted by Crippen LogP contribution is -2.20. The largest absolute Gasteiger partial charge is 0.299 e. The lowest BCUT2D eigenvalue weighted by Gasteiger charge is -2.12. The van der Waals surface area contributed by atoms with Crippen LogP contribution in [0.4, 0.5) is 0 Å². The highest BCUT2D eigenvalue weighted by Gasteiger charge is 2.04. The van der Waals surface area contributed by atoms with Gasteiger partial charge in [0, 0.05) is 36.7 Å². The van der Waals surface area contributed by atoms with Crippen LogP contribution in [-0.4, -0.2) is 33.8 Å². The first-order chi connectivity index (χ1) is 6.79. The number of hydrogen-bond donors (Lipinski definition) is 0. The molecule has 0 atom stereocenters. The maximum absolute atomic E-state index is 5.65. The first-order valence-corrected chi connectivity index (χ1v) is 5.86. The molecular formula is C9H12ClN3S. The third-order valence-corrected chi connectivity index (χ3v) is 2.98. The minimum Gasteiger partial charge on any atom is -0.299 e. The van der Waals surface area contributed by atoms with E-state index in [2.05, 4.69) is 27.5 Å². The van der Waals surface area contributed by atoms with E-state index >= 15 is 0 Å². The summed E-state index contributed by atoms with van der Waals surface area (Å²) in [6, 6.07) is 0. The monoisotopic (exact) mass is 229 g/mol. The SMILES string of the molecule is CN(CCCl)Cc1cn2ccsc2n1. The molecule has 2 aromatic rings. The van der Waals surface area contributed by atoms with Crippen molar-refractivity contribution in [1.29, 1.82) is 0 Å². The van der Waals surface area contributed by atoms with Crippen LogP contribution < -0.4 is 0 Å². The van der Waals surface area contributed by atoms with Crippen LogP contribution in [0.25, 0.3) is 4.96 Å². The maximum atomic E-state index is 5.65. The van der Waals surface area contributed by atoms with E-state index in [-0.39, 0.29) is 0 Å². The highest BCUT2D eigenvalue weighted by atomic mass is 35.5. The summed E-state index contributed by atoms with van der Waals surface area (Å²) >= 11 is 7.31. The molecule has 0 aliphatic carbocycles. The molecule has 0 fully saturated rings. The molecule has 2 rings (SSSR count). The van der Waals surface area contributed by atoms with Gasteiger partial charge in [0.15, 0.2) is 4.96 Å². The standard InChI is InChI=1S/C9H12ClN3S/c1-12(3-2-10)6-8-7-13-4-5-14-9(13)11-8/h4-5,7H,2-3,6H2,1H3. The van der Waals surface area contributed by atoms with Gasteiger partial charge in [-0.15, -0.1) is 22.9 Å². The van der Waals surface area contributed by atoms with E-state index in [0.717, 1.165) is 23.7 Å². The predicted octanol–water partition coefficient (Wildman–Crippen LogP) is 2.07. The van der Waals surface area contributed by atoms with Crippen LogP contribution in [0, 0.1) is 0 Å². The van der Waals surface area contributed by atoms with Crippen LogP contribution in [0.15, 0.2) is 17.8 Å². The van der Waals surface area contributed by atoms with Crippen LogP contribution in [0.2, 0.25) is 0 Å². The van der Waals surface area contributed by atoms with Gasteiger partial charge in [0.25, 0.3) is 0 Å². The zero-order valence-corrected chi connectivity index (χ0v) is 9.55. The zero-order chi connectivity index (χ0) is 9.97. The van der Waals surface area contributed by atoms with Crippen molar-refractivity contribution < 1.29 is 0 Å². The van der Waals surface area contributed by atoms with E-state index in [9.17, 15) is 0 Å². The van der Waals surface area contributed by atoms with Crippen LogP contribution in [0.5, 0.6) is 0 Å². The van der Waals surface area contributed by atoms with E-state index in [1.54, 1.807) is 11.3 Å². The minimum absolute atomic E-state index is 0.665. The predicted molar refractivity (Wildman–Crippen MR) is 60.1 cm³/mol. The van der Waals surface area contributed by atoms with Gasteiger partial charge in [-0.25, -0.2) is 4.98 Å². The Hall–Kier alpha value is -0.580. The van der Waals surface area contributed by atoms with Gasteiger partial charge in [0.05, 0.1) is 5.69 Å². The highest BCUT2D eigenvalue weighted by Crippen LogP contribution is 2.12. The minimum atomic E-state index is 0.665. The molecule has 0 N–H and O–H groups in total. The Morgan fingerprint density at radius 1 is 1.64 bits per heavy atom. The van der Waals surface area contributed by atoms with E-state index < -0.39 is 0 Å². The summed E-state index contributed by atoms with van der Waals surface area (Å²) in [6.07, 6.45) is 4.09. The molecule has 0 unspecified atom stereocenters. The number of fused-ring (bicyclic) bond motifs is 1. The summed E-state index contributed by atoms with van der Waals surface area (Å²) in [5, 5.41) is 2.04. The molecule has 0 aromatic carbocycles. The molecule has 0 spiro atoms. The first kappa shape index (κ1) is 9.96. The molecule has 0 amide bonds. The molecular weight excluding hydrogens is 218 g/mol. The number of nitrogens with zero attached hydrogens (tertiary/aromatic N) is 3. The molecule has 0 saturated carbocycles. The lowest BCUT2D eigenvalue weighted by molar-refractivity contribution is 0.344. The van der Waals surface area contributed by atoms with Gasteiger partial charge < -0.3 is 0 Å². The van der Waals surface area contributed by atoms with E-state index in [1.165, 1.54) is 0 Å². The fraction of sp³-hybridized carbons (Fsp3) is 0.444. The Morgan fingerprint density at radius 2 is 2.50 bits per heavy atom. The van der Waals surface area contributed by atoms with Crippen molar-refractivity contribution in [2.45, 2.75) is 6.54 Å². The second kappa shape index (κ2) is 4.29. The molecule has 76 valence electrons. The normalized spacial score (nSPS) is 11.6. The zero-order valence-electron chi connectivity index (χ0n) is 7.98. The summed E-state index contributed by atoms with van der Waals surface area (Å²) in [4.78, 5) is 7.71. The number of aromatic nitrogens is 2. The molecule has 0 radical (unpaired) electrons. The number of alkyl halides is 1. The molecule has 3 nitrogen and oxygen atoms in total. The maximum Gasteiger partial charge on any atom is 0.193 e. The summed E-state index contributed by atoms with van der Waals surface area (Å²) in [7, 11) is 2.05. The smallest absolute Gasteiger partial charge is 0.193 e. The van der Waals surface area contributed by atoms with Crippen molar-refractivity contribution in [3.8, 4) is 0 Å². The average Bonchev–Trinajstić information content (AvgIpc) is 2.63. The fourth-order valence-electron chi connectivity index (χ4n) is 1.35. The summed E-state index contributed by atoms with van der Waals surface area (Å²) < 4.78 is 2.05. The van der Waals surface area contributed by atoms with Gasteiger partial charge in [0.2, 0.25) is 0 Å². The van der Waals surface area contributed by atoms with Crippen LogP contribution in [-0.2, 0) is 6.54 Å². The summed E-state index contributed by atoms with van der Waals surface area (Å²) in [5.74, 6) is 0.665. The molecule has 0 saturated heterocycles. The Balaban J connectivity index is 2.08. The van der Waals surface area contributed by atoms with Crippen LogP contribution >= 0.6 is 22.9 Å². The number of hydrogen-bond acceptors (Lipinski definition) is 3. The van der Waals surface area contributed by atoms with Gasteiger partial charge in [-0.3, -0.25) is 9.30 Å². The van der Waals surface area contributed by atoms with Gasteiger partial charge in [-0.1, -0.05) is 0 Å². The number of thiazole rings is 1. The van der Waals surface area contributed by atoms with Crippen molar-refractivity contribution in [3.05, 3.63) is 23.5 Å². The molecule has 0 aliphatic heterocycles. The Labute approximate surface area is 91.9 Å². The first-order valence-electron chi connectivity index (χ1n) is 4.45. The van der Waals surface area contributed by atoms with Crippen LogP contribution in [0.3, 0.4) is 0 Å². The van der Waals surface area contributed by atoms with E-state index in [0.29, 0.717) is 5.88 Å². The Bertz CT molecular complexity index is 380. The summed E-state index contributed by atoms with van der Waals surface area (Å²) in [6.45, 7) is 1.76. The van der Waals surface area contributed by atoms with Crippen molar-refractivity contribution in [1.82, 2.24) is 14.3 Å². The molecule has 14 heavy (non-hydrogen) atoms. The lowest BCUT2D eigenvalue weighted by atomic mass is 10.4. The quantitative estimate of drug-likeness (QED) is 0.749. The van der Waals surface area contributed by atoms with Crippen molar-refractivity contribution in [2.24, 2.45) is 0 Å². The van der Waals surface area contributed by atoms with Gasteiger partial charge in [-0.2, -0.15) is 0 Å². The number of imidazole rings is 1. The third-order valence-electron chi connectivity index (χ3n) is 2.04. The second-order valence-corrected chi connectivity index (χ2v) is 4.50. The van der Waals surface area contributed by atoms with Crippen molar-refractivity contribution in [3.63, 3.8) is 0 Å². The van der Waals surface area contributed by atoms with E-state index in [1.807, 2.05) is 11.6 Å². The Morgan fingerprint density at radius 3 is 3.21 bits per heavy atom. The molecule has 5 heteroatoms. The van der Waals surface area contributed by atoms with Crippen molar-refractivity contribution >= 4 is 27.9 Å². The Kier molecular flexibility index (Phi) is 3.05. The van der Waals surface area contributed by atoms with Crippen molar-refractivity contribution in [2.75, 3.05) is 19.5 Å². The molecule has 2 heterocycles. The fourth-order valence-corrected chi connectivity index (χ4v) is 2.36. The summed E-state index contributed by atoms with van der Waals surface area (Å²) in [5.41, 5.74) is 1.10. The number of halogens is 1. The van der Waals surface area contributed by atoms with E-state index in [4.69, 9.17) is 11.6 Å².